The van der Waals surface area contributed by atoms with Crippen LogP contribution in [0.4, 0.5) is 0 Å². The third-order valence-electron chi connectivity index (χ3n) is 1.36. The SMILES string of the molecule is C=C(C#N)C(=O)OC1C=CC1. The predicted molar refractivity (Wildman–Crippen MR) is 38.4 cm³/mol. The maximum Gasteiger partial charge on any atom is 0.348 e. The minimum atomic E-state index is -0.623. The Balaban J connectivity index is 2.38. The van der Waals surface area contributed by atoms with Gasteiger partial charge in [0.2, 0.25) is 0 Å². The van der Waals surface area contributed by atoms with E-state index in [-0.39, 0.29) is 11.7 Å². The summed E-state index contributed by atoms with van der Waals surface area (Å²) >= 11 is 0. The second kappa shape index (κ2) is 3.02. The molecule has 0 saturated heterocycles. The van der Waals surface area contributed by atoms with Crippen molar-refractivity contribution in [2.45, 2.75) is 12.5 Å². The van der Waals surface area contributed by atoms with Crippen molar-refractivity contribution in [3.63, 3.8) is 0 Å². The molecule has 1 atom stereocenters. The summed E-state index contributed by atoms with van der Waals surface area (Å²) in [5, 5.41) is 8.24. The number of nitriles is 1. The molecule has 1 rings (SSSR count). The fourth-order valence-electron chi connectivity index (χ4n) is 0.589. The fraction of sp³-hybridized carbons (Fsp3) is 0.250. The van der Waals surface area contributed by atoms with E-state index in [0.717, 1.165) is 6.42 Å². The van der Waals surface area contributed by atoms with Crippen LogP contribution in [0, 0.1) is 11.3 Å². The first-order valence-corrected chi connectivity index (χ1v) is 3.20. The quantitative estimate of drug-likeness (QED) is 0.254. The molecule has 0 fully saturated rings. The first-order chi connectivity index (χ1) is 5.24. The minimum Gasteiger partial charge on any atom is -0.454 e. The van der Waals surface area contributed by atoms with Crippen LogP contribution in [0.5, 0.6) is 0 Å². The maximum absolute atomic E-state index is 10.8. The molecule has 0 aromatic heterocycles. The Morgan fingerprint density at radius 3 is 2.82 bits per heavy atom. The average Bonchev–Trinajstić information content (AvgIpc) is 1.94. The van der Waals surface area contributed by atoms with Crippen molar-refractivity contribution in [2.75, 3.05) is 0 Å². The number of ether oxygens (including phenoxy) is 1. The molecule has 0 aromatic carbocycles. The monoisotopic (exact) mass is 149 g/mol. The van der Waals surface area contributed by atoms with E-state index in [2.05, 4.69) is 6.58 Å². The van der Waals surface area contributed by atoms with Crippen molar-refractivity contribution >= 4 is 5.97 Å². The molecule has 1 aliphatic carbocycles. The van der Waals surface area contributed by atoms with Gasteiger partial charge < -0.3 is 4.74 Å². The number of carbonyl (C=O) groups excluding carboxylic acids is 1. The van der Waals surface area contributed by atoms with Crippen LogP contribution >= 0.6 is 0 Å². The average molecular weight is 149 g/mol. The Labute approximate surface area is 64.6 Å². The summed E-state index contributed by atoms with van der Waals surface area (Å²) in [5.41, 5.74) is -0.148. The topological polar surface area (TPSA) is 50.1 Å². The number of nitrogens with zero attached hydrogens (tertiary/aromatic N) is 1. The van der Waals surface area contributed by atoms with Gasteiger partial charge in [0, 0.05) is 6.42 Å². The third-order valence-corrected chi connectivity index (χ3v) is 1.36. The second-order valence-electron chi connectivity index (χ2n) is 2.20. The molecule has 0 aliphatic heterocycles. The molecule has 56 valence electrons. The lowest BCUT2D eigenvalue weighted by Gasteiger charge is -2.17. The lowest BCUT2D eigenvalue weighted by atomic mass is 10.1. The molecular formula is C8H7NO2. The number of rotatable bonds is 2. The molecule has 1 unspecified atom stereocenters. The molecule has 0 radical (unpaired) electrons. The van der Waals surface area contributed by atoms with E-state index in [1.165, 1.54) is 0 Å². The van der Waals surface area contributed by atoms with Gasteiger partial charge in [-0.15, -0.1) is 0 Å². The van der Waals surface area contributed by atoms with Crippen molar-refractivity contribution in [1.29, 1.82) is 5.26 Å². The van der Waals surface area contributed by atoms with Crippen molar-refractivity contribution < 1.29 is 9.53 Å². The van der Waals surface area contributed by atoms with Crippen LogP contribution in [0.15, 0.2) is 24.3 Å². The van der Waals surface area contributed by atoms with Crippen LogP contribution in [0.1, 0.15) is 6.42 Å². The fourth-order valence-corrected chi connectivity index (χ4v) is 0.589. The highest BCUT2D eigenvalue weighted by Gasteiger charge is 2.16. The van der Waals surface area contributed by atoms with Crippen LogP contribution in [0.3, 0.4) is 0 Å². The van der Waals surface area contributed by atoms with Gasteiger partial charge in [-0.25, -0.2) is 4.79 Å². The Kier molecular flexibility index (Phi) is 2.07. The van der Waals surface area contributed by atoms with Crippen LogP contribution in [0.25, 0.3) is 0 Å². The Hall–Kier alpha value is -1.56. The number of hydrogen-bond acceptors (Lipinski definition) is 3. The highest BCUT2D eigenvalue weighted by Crippen LogP contribution is 2.13. The maximum atomic E-state index is 10.8. The van der Waals surface area contributed by atoms with Crippen LogP contribution < -0.4 is 0 Å². The molecule has 1 aliphatic rings. The molecule has 0 saturated carbocycles. The van der Waals surface area contributed by atoms with Crippen molar-refractivity contribution in [2.24, 2.45) is 0 Å². The smallest absolute Gasteiger partial charge is 0.348 e. The van der Waals surface area contributed by atoms with Gasteiger partial charge in [0.25, 0.3) is 0 Å². The lowest BCUT2D eigenvalue weighted by molar-refractivity contribution is -0.142. The predicted octanol–water partition coefficient (Wildman–Crippen LogP) is 0.938. The highest BCUT2D eigenvalue weighted by atomic mass is 16.5. The summed E-state index contributed by atoms with van der Waals surface area (Å²) in [4.78, 5) is 10.8. The van der Waals surface area contributed by atoms with Crippen LogP contribution in [0.2, 0.25) is 0 Å². The summed E-state index contributed by atoms with van der Waals surface area (Å²) < 4.78 is 4.79. The number of esters is 1. The summed E-state index contributed by atoms with van der Waals surface area (Å²) in [6, 6.07) is 1.63. The van der Waals surface area contributed by atoms with Gasteiger partial charge in [0.15, 0.2) is 0 Å². The van der Waals surface area contributed by atoms with E-state index in [9.17, 15) is 4.79 Å². The van der Waals surface area contributed by atoms with E-state index in [4.69, 9.17) is 10.00 Å². The van der Waals surface area contributed by atoms with Crippen molar-refractivity contribution in [3.8, 4) is 6.07 Å². The first-order valence-electron chi connectivity index (χ1n) is 3.20. The molecule has 0 heterocycles. The zero-order valence-electron chi connectivity index (χ0n) is 5.91. The molecule has 11 heavy (non-hydrogen) atoms. The molecular weight excluding hydrogens is 142 g/mol. The zero-order valence-corrected chi connectivity index (χ0v) is 5.91. The number of carbonyl (C=O) groups is 1. The van der Waals surface area contributed by atoms with Gasteiger partial charge in [0.05, 0.1) is 0 Å². The van der Waals surface area contributed by atoms with Gasteiger partial charge >= 0.3 is 5.97 Å². The summed E-state index contributed by atoms with van der Waals surface area (Å²) in [5.74, 6) is -0.623. The van der Waals surface area contributed by atoms with Gasteiger partial charge in [-0.2, -0.15) is 5.26 Å². The first kappa shape index (κ1) is 7.55. The van der Waals surface area contributed by atoms with Gasteiger partial charge in [-0.05, 0) is 6.08 Å². The standard InChI is InChI=1S/C8H7NO2/c1-6(5-9)8(10)11-7-3-2-4-7/h2-3,7H,1,4H2. The van der Waals surface area contributed by atoms with E-state index < -0.39 is 5.97 Å². The molecule has 0 N–H and O–H groups in total. The molecule has 0 aromatic rings. The van der Waals surface area contributed by atoms with Gasteiger partial charge in [-0.1, -0.05) is 12.7 Å². The van der Waals surface area contributed by atoms with Crippen LogP contribution in [-0.2, 0) is 9.53 Å². The molecule has 3 nitrogen and oxygen atoms in total. The normalized spacial score (nSPS) is 19.7. The zero-order chi connectivity index (χ0) is 8.27. The largest absolute Gasteiger partial charge is 0.454 e. The molecule has 3 heteroatoms. The Morgan fingerprint density at radius 2 is 2.45 bits per heavy atom. The van der Waals surface area contributed by atoms with Crippen LogP contribution in [-0.4, -0.2) is 12.1 Å². The summed E-state index contributed by atoms with van der Waals surface area (Å²) in [6.45, 7) is 3.22. The van der Waals surface area contributed by atoms with Gasteiger partial charge in [-0.3, -0.25) is 0 Å². The Morgan fingerprint density at radius 1 is 1.82 bits per heavy atom. The third kappa shape index (κ3) is 1.68. The van der Waals surface area contributed by atoms with Crippen molar-refractivity contribution in [1.82, 2.24) is 0 Å². The van der Waals surface area contributed by atoms with Gasteiger partial charge in [0.1, 0.15) is 17.7 Å². The minimum absolute atomic E-state index is 0.146. The lowest BCUT2D eigenvalue weighted by Crippen LogP contribution is -2.20. The van der Waals surface area contributed by atoms with E-state index in [1.54, 1.807) is 12.1 Å². The summed E-state index contributed by atoms with van der Waals surface area (Å²) in [7, 11) is 0. The van der Waals surface area contributed by atoms with E-state index in [1.807, 2.05) is 6.08 Å². The highest BCUT2D eigenvalue weighted by molar-refractivity contribution is 5.92. The number of hydrogen-bond donors (Lipinski definition) is 0. The Bertz CT molecular complexity index is 260. The second-order valence-corrected chi connectivity index (χ2v) is 2.20. The summed E-state index contributed by atoms with van der Waals surface area (Å²) in [6.07, 6.45) is 4.26. The molecule has 0 bridgehead atoms. The van der Waals surface area contributed by atoms with E-state index >= 15 is 0 Å². The van der Waals surface area contributed by atoms with E-state index in [0.29, 0.717) is 0 Å². The molecule has 0 spiro atoms. The molecule has 0 amide bonds. The van der Waals surface area contributed by atoms with Crippen molar-refractivity contribution in [3.05, 3.63) is 24.3 Å².